The quantitative estimate of drug-likeness (QED) is 0.805. The van der Waals surface area contributed by atoms with Crippen LogP contribution in [0.2, 0.25) is 0 Å². The third kappa shape index (κ3) is 3.82. The van der Waals surface area contributed by atoms with Crippen LogP contribution in [0.5, 0.6) is 0 Å². The average molecular weight is 378 g/mol. The van der Waals surface area contributed by atoms with Gasteiger partial charge in [0.05, 0.1) is 11.9 Å². The number of carbonyl (C=O) groups excluding carboxylic acids is 1. The summed E-state index contributed by atoms with van der Waals surface area (Å²) in [5.74, 6) is -0.161. The number of pyridine rings is 1. The molecule has 0 saturated carbocycles. The van der Waals surface area contributed by atoms with Gasteiger partial charge in [0, 0.05) is 32.5 Å². The van der Waals surface area contributed by atoms with Gasteiger partial charge in [0.1, 0.15) is 0 Å². The third-order valence-corrected chi connectivity index (χ3v) is 5.21. The second-order valence-electron chi connectivity index (χ2n) is 5.32. The van der Waals surface area contributed by atoms with Crippen LogP contribution in [-0.4, -0.2) is 16.9 Å². The number of hydrogen-bond donors (Lipinski definition) is 2. The summed E-state index contributed by atoms with van der Waals surface area (Å²) in [6.07, 6.45) is 7.76. The van der Waals surface area contributed by atoms with Crippen molar-refractivity contribution in [3.8, 4) is 0 Å². The first-order chi connectivity index (χ1) is 10.6. The van der Waals surface area contributed by atoms with E-state index in [1.807, 2.05) is 17.5 Å². The normalized spacial score (nSPS) is 17.5. The Kier molecular flexibility index (Phi) is 4.71. The van der Waals surface area contributed by atoms with Crippen molar-refractivity contribution in [2.24, 2.45) is 5.73 Å². The zero-order valence-corrected chi connectivity index (χ0v) is 14.3. The van der Waals surface area contributed by atoms with E-state index in [4.69, 9.17) is 5.73 Å². The van der Waals surface area contributed by atoms with Crippen molar-refractivity contribution in [1.82, 2.24) is 4.98 Å². The second kappa shape index (κ2) is 6.73. The molecule has 1 aliphatic rings. The molecule has 0 aliphatic heterocycles. The molecule has 6 heteroatoms. The molecule has 0 saturated heterocycles. The van der Waals surface area contributed by atoms with Crippen molar-refractivity contribution in [2.45, 2.75) is 25.3 Å². The van der Waals surface area contributed by atoms with Crippen LogP contribution in [0.15, 0.2) is 34.3 Å². The van der Waals surface area contributed by atoms with Gasteiger partial charge < -0.3 is 11.1 Å². The molecule has 2 heterocycles. The molecule has 0 radical (unpaired) electrons. The zero-order chi connectivity index (χ0) is 15.5. The summed E-state index contributed by atoms with van der Waals surface area (Å²) in [6.45, 7) is 0. The monoisotopic (exact) mass is 377 g/mol. The predicted octanol–water partition coefficient (Wildman–Crippen LogP) is 3.37. The number of nitrogens with two attached hydrogens (primary N) is 1. The molecule has 1 amide bonds. The van der Waals surface area contributed by atoms with Crippen LogP contribution in [0.3, 0.4) is 0 Å². The first-order valence-electron chi connectivity index (χ1n) is 7.06. The van der Waals surface area contributed by atoms with E-state index in [2.05, 4.69) is 26.2 Å². The van der Waals surface area contributed by atoms with Gasteiger partial charge in [-0.25, -0.2) is 0 Å². The van der Waals surface area contributed by atoms with Gasteiger partial charge >= 0.3 is 0 Å². The number of amides is 1. The second-order valence-corrected chi connectivity index (χ2v) is 7.18. The maximum atomic E-state index is 12.0. The lowest BCUT2D eigenvalue weighted by Gasteiger charge is -2.20. The van der Waals surface area contributed by atoms with Crippen LogP contribution in [0.25, 0.3) is 6.08 Å². The topological polar surface area (TPSA) is 68.0 Å². The number of halogens is 1. The molecule has 4 nitrogen and oxygen atoms in total. The van der Waals surface area contributed by atoms with Gasteiger partial charge in [0.2, 0.25) is 5.91 Å². The molecule has 0 aromatic carbocycles. The van der Waals surface area contributed by atoms with Crippen molar-refractivity contribution in [1.29, 1.82) is 0 Å². The van der Waals surface area contributed by atoms with E-state index < -0.39 is 0 Å². The van der Waals surface area contributed by atoms with Crippen LogP contribution in [-0.2, 0) is 17.6 Å². The summed E-state index contributed by atoms with van der Waals surface area (Å²) >= 11 is 4.97. The van der Waals surface area contributed by atoms with Crippen LogP contribution in [0.1, 0.15) is 22.6 Å². The number of fused-ring (bicyclic) bond motifs is 1. The molecule has 1 atom stereocenters. The highest BCUT2D eigenvalue weighted by Gasteiger charge is 2.17. The SMILES string of the molecule is NC1CCc2ncc(NC(=O)/C=C/c3cc(Br)cs3)cc2C1. The molecule has 3 N–H and O–H groups in total. The van der Waals surface area contributed by atoms with Gasteiger partial charge in [-0.2, -0.15) is 0 Å². The molecule has 114 valence electrons. The standard InChI is InChI=1S/C16H16BrN3OS/c17-11-7-14(22-9-11)2-4-16(21)20-13-6-10-5-12(18)1-3-15(10)19-8-13/h2,4,6-9,12H,1,3,5,18H2,(H,20,21)/b4-2+. The Morgan fingerprint density at radius 2 is 2.36 bits per heavy atom. The van der Waals surface area contributed by atoms with Gasteiger partial charge in [0.25, 0.3) is 0 Å². The molecule has 2 aromatic heterocycles. The van der Waals surface area contributed by atoms with Gasteiger partial charge in [-0.3, -0.25) is 9.78 Å². The fourth-order valence-electron chi connectivity index (χ4n) is 2.47. The largest absolute Gasteiger partial charge is 0.327 e. The highest BCUT2D eigenvalue weighted by molar-refractivity contribution is 9.10. The maximum Gasteiger partial charge on any atom is 0.248 e. The smallest absolute Gasteiger partial charge is 0.248 e. The number of nitrogens with zero attached hydrogens (tertiary/aromatic N) is 1. The summed E-state index contributed by atoms with van der Waals surface area (Å²) in [6, 6.07) is 4.14. The van der Waals surface area contributed by atoms with Crippen molar-refractivity contribution >= 4 is 44.9 Å². The van der Waals surface area contributed by atoms with Gasteiger partial charge in [-0.05, 0) is 59.0 Å². The van der Waals surface area contributed by atoms with E-state index in [0.29, 0.717) is 0 Å². The molecule has 3 rings (SSSR count). The minimum absolute atomic E-state index is 0.161. The predicted molar refractivity (Wildman–Crippen MR) is 93.9 cm³/mol. The maximum absolute atomic E-state index is 12.0. The fraction of sp³-hybridized carbons (Fsp3) is 0.250. The number of aromatic nitrogens is 1. The number of thiophene rings is 1. The van der Waals surface area contributed by atoms with Gasteiger partial charge in [-0.1, -0.05) is 0 Å². The first-order valence-corrected chi connectivity index (χ1v) is 8.74. The number of rotatable bonds is 3. The van der Waals surface area contributed by atoms with E-state index in [9.17, 15) is 4.79 Å². The van der Waals surface area contributed by atoms with Crippen molar-refractivity contribution < 1.29 is 4.79 Å². The molecule has 2 aromatic rings. The summed E-state index contributed by atoms with van der Waals surface area (Å²) in [5, 5.41) is 4.83. The Hall–Kier alpha value is -1.50. The number of carbonyl (C=O) groups is 1. The van der Waals surface area contributed by atoms with Crippen LogP contribution >= 0.6 is 27.3 Å². The molecule has 0 spiro atoms. The van der Waals surface area contributed by atoms with E-state index in [1.54, 1.807) is 23.6 Å². The summed E-state index contributed by atoms with van der Waals surface area (Å²) < 4.78 is 1.02. The Morgan fingerprint density at radius 3 is 3.14 bits per heavy atom. The average Bonchev–Trinajstić information content (AvgIpc) is 2.90. The van der Waals surface area contributed by atoms with E-state index >= 15 is 0 Å². The van der Waals surface area contributed by atoms with E-state index in [1.165, 1.54) is 6.08 Å². The lowest BCUT2D eigenvalue weighted by molar-refractivity contribution is -0.111. The lowest BCUT2D eigenvalue weighted by Crippen LogP contribution is -2.28. The lowest BCUT2D eigenvalue weighted by atomic mass is 9.92. The van der Waals surface area contributed by atoms with E-state index in [-0.39, 0.29) is 11.9 Å². The van der Waals surface area contributed by atoms with Crippen LogP contribution in [0.4, 0.5) is 5.69 Å². The number of aryl methyl sites for hydroxylation is 1. The molecule has 0 fully saturated rings. The molecule has 1 unspecified atom stereocenters. The highest BCUT2D eigenvalue weighted by atomic mass is 79.9. The number of anilines is 1. The molecule has 0 bridgehead atoms. The van der Waals surface area contributed by atoms with Gasteiger partial charge in [-0.15, -0.1) is 11.3 Å². The van der Waals surface area contributed by atoms with Crippen LogP contribution in [0, 0.1) is 0 Å². The first kappa shape index (κ1) is 15.4. The number of hydrogen-bond acceptors (Lipinski definition) is 4. The molecular formula is C16H16BrN3OS. The Bertz CT molecular complexity index is 726. The Labute approximate surface area is 141 Å². The van der Waals surface area contributed by atoms with Crippen molar-refractivity contribution in [3.63, 3.8) is 0 Å². The zero-order valence-electron chi connectivity index (χ0n) is 11.9. The van der Waals surface area contributed by atoms with E-state index in [0.717, 1.165) is 45.6 Å². The Morgan fingerprint density at radius 1 is 1.50 bits per heavy atom. The highest BCUT2D eigenvalue weighted by Crippen LogP contribution is 2.22. The fourth-order valence-corrected chi connectivity index (χ4v) is 3.81. The van der Waals surface area contributed by atoms with Gasteiger partial charge in [0.15, 0.2) is 0 Å². The summed E-state index contributed by atoms with van der Waals surface area (Å²) in [5.41, 5.74) is 8.94. The molecule has 1 aliphatic carbocycles. The van der Waals surface area contributed by atoms with Crippen molar-refractivity contribution in [3.05, 3.63) is 50.4 Å². The molecule has 22 heavy (non-hydrogen) atoms. The third-order valence-electron chi connectivity index (χ3n) is 3.55. The minimum Gasteiger partial charge on any atom is -0.327 e. The van der Waals surface area contributed by atoms with Crippen molar-refractivity contribution in [2.75, 3.05) is 5.32 Å². The molecular weight excluding hydrogens is 362 g/mol. The summed E-state index contributed by atoms with van der Waals surface area (Å²) in [7, 11) is 0. The minimum atomic E-state index is -0.161. The summed E-state index contributed by atoms with van der Waals surface area (Å²) in [4.78, 5) is 17.4. The number of nitrogens with one attached hydrogen (secondary N) is 1. The Balaban J connectivity index is 1.66. The van der Waals surface area contributed by atoms with Crippen LogP contribution < -0.4 is 11.1 Å².